The number of hydrogen-bond donors (Lipinski definition) is 9. The Kier molecular flexibility index (Phi) is 13.4. The van der Waals surface area contributed by atoms with Crippen molar-refractivity contribution >= 4 is 0 Å². The van der Waals surface area contributed by atoms with Crippen molar-refractivity contribution in [2.75, 3.05) is 13.2 Å². The fourth-order valence-electron chi connectivity index (χ4n) is 5.67. The molecule has 14 nitrogen and oxygen atoms in total. The van der Waals surface area contributed by atoms with Crippen LogP contribution in [0.2, 0.25) is 0 Å². The Hall–Kier alpha value is -0.560. The number of unbranched alkanes of at least 4 members (excludes halogenated alkanes) is 5. The lowest BCUT2D eigenvalue weighted by molar-refractivity contribution is -0.330. The molecular formula is C26H52N4O10. The summed E-state index contributed by atoms with van der Waals surface area (Å²) < 4.78 is 29.2. The van der Waals surface area contributed by atoms with Gasteiger partial charge in [0.15, 0.2) is 12.6 Å². The summed E-state index contributed by atoms with van der Waals surface area (Å²) in [5.74, 6) is 0. The Labute approximate surface area is 236 Å². The minimum absolute atomic E-state index is 0.0955. The molecule has 236 valence electrons. The van der Waals surface area contributed by atoms with Gasteiger partial charge in [-0.15, -0.1) is 0 Å². The zero-order valence-corrected chi connectivity index (χ0v) is 23.6. The minimum atomic E-state index is -1.46. The van der Waals surface area contributed by atoms with Crippen molar-refractivity contribution in [2.45, 2.75) is 151 Å². The average molecular weight is 581 g/mol. The quantitative estimate of drug-likeness (QED) is 0.0993. The van der Waals surface area contributed by atoms with Crippen LogP contribution in [0.5, 0.6) is 0 Å². The van der Waals surface area contributed by atoms with Gasteiger partial charge in [-0.2, -0.15) is 0 Å². The third-order valence-electron chi connectivity index (χ3n) is 8.21. The van der Waals surface area contributed by atoms with Gasteiger partial charge in [0.25, 0.3) is 0 Å². The van der Waals surface area contributed by atoms with Crippen molar-refractivity contribution in [3.63, 3.8) is 0 Å². The van der Waals surface area contributed by atoms with Crippen LogP contribution in [0.3, 0.4) is 0 Å². The monoisotopic (exact) mass is 580 g/mol. The second kappa shape index (κ2) is 15.8. The van der Waals surface area contributed by atoms with E-state index in [0.717, 1.165) is 19.3 Å². The summed E-state index contributed by atoms with van der Waals surface area (Å²) in [4.78, 5) is 0. The third kappa shape index (κ3) is 8.08. The van der Waals surface area contributed by atoms with Crippen LogP contribution in [0.4, 0.5) is 0 Å². The van der Waals surface area contributed by atoms with E-state index in [1.54, 1.807) is 6.92 Å². The summed E-state index contributed by atoms with van der Waals surface area (Å²) in [5, 5.41) is 53.2. The van der Waals surface area contributed by atoms with E-state index in [9.17, 15) is 25.5 Å². The molecule has 0 radical (unpaired) electrons. The fraction of sp³-hybridized carbons (Fsp3) is 1.00. The van der Waals surface area contributed by atoms with Gasteiger partial charge in [0.05, 0.1) is 12.1 Å². The third-order valence-corrected chi connectivity index (χ3v) is 8.21. The molecule has 2 saturated heterocycles. The molecule has 15 atom stereocenters. The maximum atomic E-state index is 11.2. The van der Waals surface area contributed by atoms with E-state index in [2.05, 4.69) is 6.92 Å². The molecule has 1 aliphatic carbocycles. The van der Waals surface area contributed by atoms with Gasteiger partial charge in [0, 0.05) is 25.2 Å². The molecule has 0 bridgehead atoms. The standard InChI is InChI=1S/C26H52N4O10/c1-3-4-5-6-7-8-9-36-22-12(2)37-26(20(34)19(22)33)40-24-14(29)10-13(28)23(21(24)35)39-25-16(30)18(32)17(31)15(11-27)38-25/h12-26,31-35H,3-11,27-30H2,1-2H3/t12-,13?,14?,15?,16?,17-,18?,19?,20-,21+,22?,23?,24-,25-,26?/m1/s1. The Morgan fingerprint density at radius 3 is 1.93 bits per heavy atom. The molecule has 2 heterocycles. The van der Waals surface area contributed by atoms with Gasteiger partial charge in [-0.25, -0.2) is 0 Å². The molecular weight excluding hydrogens is 528 g/mol. The summed E-state index contributed by atoms with van der Waals surface area (Å²) in [6.45, 7) is 4.22. The van der Waals surface area contributed by atoms with Crippen LogP contribution in [-0.2, 0) is 23.7 Å². The average Bonchev–Trinajstić information content (AvgIpc) is 2.92. The van der Waals surface area contributed by atoms with Gasteiger partial charge < -0.3 is 72.2 Å². The molecule has 0 spiro atoms. The SMILES string of the molecule is CCCCCCCCOC1C(O)[C@@H](O)C(O[C@@H]2C(N)CC(N)C(O[C@H]3OC(CN)[C@@H](O)C(O)C3N)[C@@H]2O)O[C@@H]1C. The lowest BCUT2D eigenvalue weighted by Gasteiger charge is -2.48. The number of aliphatic hydroxyl groups excluding tert-OH is 5. The lowest BCUT2D eigenvalue weighted by atomic mass is 9.84. The van der Waals surface area contributed by atoms with Gasteiger partial charge in [0.1, 0.15) is 54.9 Å². The number of rotatable bonds is 13. The Morgan fingerprint density at radius 2 is 1.30 bits per heavy atom. The first-order chi connectivity index (χ1) is 19.0. The Balaban J connectivity index is 1.58. The van der Waals surface area contributed by atoms with E-state index < -0.39 is 91.7 Å². The maximum Gasteiger partial charge on any atom is 0.187 e. The van der Waals surface area contributed by atoms with Crippen LogP contribution in [-0.4, -0.2) is 130 Å². The predicted octanol–water partition coefficient (Wildman–Crippen LogP) is -2.88. The maximum absolute atomic E-state index is 11.2. The molecule has 1 saturated carbocycles. The van der Waals surface area contributed by atoms with Crippen LogP contribution >= 0.6 is 0 Å². The van der Waals surface area contributed by atoms with E-state index in [-0.39, 0.29) is 13.0 Å². The first kappa shape index (κ1) is 33.9. The molecule has 14 heteroatoms. The molecule has 0 amide bonds. The number of hydrogen-bond acceptors (Lipinski definition) is 14. The zero-order valence-electron chi connectivity index (χ0n) is 23.6. The van der Waals surface area contributed by atoms with Gasteiger partial charge in [0.2, 0.25) is 0 Å². The zero-order chi connectivity index (χ0) is 29.6. The summed E-state index contributed by atoms with van der Waals surface area (Å²) in [5.41, 5.74) is 24.1. The van der Waals surface area contributed by atoms with Crippen LogP contribution in [0.25, 0.3) is 0 Å². The predicted molar refractivity (Wildman–Crippen MR) is 143 cm³/mol. The Morgan fingerprint density at radius 1 is 0.700 bits per heavy atom. The van der Waals surface area contributed by atoms with Gasteiger partial charge in [-0.3, -0.25) is 0 Å². The smallest absolute Gasteiger partial charge is 0.187 e. The molecule has 3 fully saturated rings. The van der Waals surface area contributed by atoms with Gasteiger partial charge >= 0.3 is 0 Å². The van der Waals surface area contributed by atoms with E-state index in [1.165, 1.54) is 19.3 Å². The molecule has 2 aliphatic heterocycles. The van der Waals surface area contributed by atoms with Crippen molar-refractivity contribution in [3.8, 4) is 0 Å². The summed E-state index contributed by atoms with van der Waals surface area (Å²) in [6, 6.07) is -2.64. The molecule has 0 aromatic heterocycles. The summed E-state index contributed by atoms with van der Waals surface area (Å²) in [7, 11) is 0. The molecule has 13 N–H and O–H groups in total. The highest BCUT2D eigenvalue weighted by Crippen LogP contribution is 2.31. The van der Waals surface area contributed by atoms with Crippen LogP contribution in [0.15, 0.2) is 0 Å². The van der Waals surface area contributed by atoms with E-state index in [4.69, 9.17) is 46.6 Å². The molecule has 40 heavy (non-hydrogen) atoms. The Bertz CT molecular complexity index is 742. The number of nitrogens with two attached hydrogens (primary N) is 4. The van der Waals surface area contributed by atoms with E-state index in [1.807, 2.05) is 0 Å². The van der Waals surface area contributed by atoms with Crippen LogP contribution in [0.1, 0.15) is 58.8 Å². The lowest BCUT2D eigenvalue weighted by Crippen LogP contribution is -2.68. The van der Waals surface area contributed by atoms with Gasteiger partial charge in [-0.05, 0) is 19.8 Å². The van der Waals surface area contributed by atoms with E-state index in [0.29, 0.717) is 6.61 Å². The molecule has 0 aromatic carbocycles. The molecule has 3 aliphatic rings. The van der Waals surface area contributed by atoms with E-state index >= 15 is 0 Å². The second-order valence-corrected chi connectivity index (χ2v) is 11.4. The summed E-state index contributed by atoms with van der Waals surface area (Å²) >= 11 is 0. The largest absolute Gasteiger partial charge is 0.388 e. The van der Waals surface area contributed by atoms with Crippen molar-refractivity contribution < 1.29 is 49.2 Å². The van der Waals surface area contributed by atoms with Crippen molar-refractivity contribution in [1.82, 2.24) is 0 Å². The summed E-state index contributed by atoms with van der Waals surface area (Å²) in [6.07, 6.45) is -7.07. The number of ether oxygens (including phenoxy) is 5. The molecule has 9 unspecified atom stereocenters. The first-order valence-corrected chi connectivity index (χ1v) is 14.6. The highest BCUT2D eigenvalue weighted by atomic mass is 16.7. The fourth-order valence-corrected chi connectivity index (χ4v) is 5.67. The molecule has 3 rings (SSSR count). The van der Waals surface area contributed by atoms with Crippen molar-refractivity contribution in [2.24, 2.45) is 22.9 Å². The van der Waals surface area contributed by atoms with Crippen molar-refractivity contribution in [3.05, 3.63) is 0 Å². The van der Waals surface area contributed by atoms with Crippen LogP contribution < -0.4 is 22.9 Å². The molecule has 0 aromatic rings. The topological polar surface area (TPSA) is 251 Å². The highest BCUT2D eigenvalue weighted by molar-refractivity contribution is 5.01. The van der Waals surface area contributed by atoms with Gasteiger partial charge in [-0.1, -0.05) is 39.0 Å². The normalized spacial score (nSPS) is 46.4. The first-order valence-electron chi connectivity index (χ1n) is 14.6. The highest BCUT2D eigenvalue weighted by Gasteiger charge is 2.51. The number of aliphatic hydroxyl groups is 5. The van der Waals surface area contributed by atoms with Crippen LogP contribution in [0, 0.1) is 0 Å². The second-order valence-electron chi connectivity index (χ2n) is 11.4. The minimum Gasteiger partial charge on any atom is -0.388 e. The van der Waals surface area contributed by atoms with Crippen molar-refractivity contribution in [1.29, 1.82) is 0 Å².